The molecule has 2 atom stereocenters. The van der Waals surface area contributed by atoms with Crippen LogP contribution >= 0.6 is 11.8 Å². The molecule has 4 rings (SSSR count). The van der Waals surface area contributed by atoms with Gasteiger partial charge in [0.1, 0.15) is 5.75 Å². The molecule has 2 unspecified atom stereocenters. The number of nitrogens with zero attached hydrogens (tertiary/aromatic N) is 1. The van der Waals surface area contributed by atoms with E-state index < -0.39 is 23.0 Å². The summed E-state index contributed by atoms with van der Waals surface area (Å²) in [6.07, 6.45) is -1.60. The first-order chi connectivity index (χ1) is 14.4. The summed E-state index contributed by atoms with van der Waals surface area (Å²) in [6, 6.07) is 12.4. The molecule has 8 heteroatoms. The molecule has 31 heavy (non-hydrogen) atoms. The number of methoxy groups -OCH3 is 1. The van der Waals surface area contributed by atoms with E-state index in [0.29, 0.717) is 22.7 Å². The lowest BCUT2D eigenvalue weighted by molar-refractivity contribution is -0.132. The van der Waals surface area contributed by atoms with Gasteiger partial charge in [0, 0.05) is 29.0 Å². The third-order valence-electron chi connectivity index (χ3n) is 5.93. The highest BCUT2D eigenvalue weighted by atomic mass is 35.5. The maximum absolute atomic E-state index is 11.9. The quantitative estimate of drug-likeness (QED) is 0.576. The summed E-state index contributed by atoms with van der Waals surface area (Å²) >= 11 is 5.92. The lowest BCUT2D eigenvalue weighted by Crippen LogP contribution is -2.44. The van der Waals surface area contributed by atoms with E-state index in [0.717, 1.165) is 9.98 Å². The highest BCUT2D eigenvalue weighted by Gasteiger charge is 2.45. The van der Waals surface area contributed by atoms with Gasteiger partial charge in [-0.3, -0.25) is 9.59 Å². The predicted octanol–water partition coefficient (Wildman–Crippen LogP) is 3.95. The van der Waals surface area contributed by atoms with Crippen molar-refractivity contribution in [3.8, 4) is 5.75 Å². The summed E-state index contributed by atoms with van der Waals surface area (Å²) in [7, 11) is 1.56. The molecule has 2 aromatic carbocycles. The number of halogens is 1. The molecule has 0 saturated heterocycles. The molecule has 7 nitrogen and oxygen atoms in total. The van der Waals surface area contributed by atoms with E-state index in [4.69, 9.17) is 16.5 Å². The van der Waals surface area contributed by atoms with E-state index in [1.807, 2.05) is 6.07 Å². The molecule has 0 fully saturated rings. The summed E-state index contributed by atoms with van der Waals surface area (Å²) in [6.45, 7) is 6.82. The van der Waals surface area contributed by atoms with Crippen LogP contribution in [0.1, 0.15) is 51.0 Å². The fraction of sp³-hybridized carbons (Fsp3) is 0.391. The molecular weight excluding hydrogens is 420 g/mol. The van der Waals surface area contributed by atoms with Crippen LogP contribution in [-0.2, 0) is 9.59 Å². The maximum atomic E-state index is 11.9. The molecular formula is C23H27ClN2O5. The third-order valence-corrected chi connectivity index (χ3v) is 6.26. The Balaban J connectivity index is 0.000000176. The molecule has 2 aliphatic heterocycles. The van der Waals surface area contributed by atoms with Crippen LogP contribution in [0.3, 0.4) is 0 Å². The number of carbonyl (C=O) groups is 2. The minimum absolute atomic E-state index is 0.180. The number of carbonyl (C=O) groups excluding carboxylic acids is 2. The van der Waals surface area contributed by atoms with Gasteiger partial charge < -0.3 is 20.3 Å². The smallest absolute Gasteiger partial charge is 0.250 e. The van der Waals surface area contributed by atoms with Gasteiger partial charge >= 0.3 is 0 Å². The summed E-state index contributed by atoms with van der Waals surface area (Å²) in [4.78, 5) is 23.6. The van der Waals surface area contributed by atoms with Crippen molar-refractivity contribution in [2.45, 2.75) is 39.9 Å². The van der Waals surface area contributed by atoms with Gasteiger partial charge in [0.2, 0.25) is 11.8 Å². The number of para-hydroxylation sites is 1. The van der Waals surface area contributed by atoms with Crippen LogP contribution in [0.15, 0.2) is 42.5 Å². The van der Waals surface area contributed by atoms with Crippen molar-refractivity contribution in [2.75, 3.05) is 16.8 Å². The van der Waals surface area contributed by atoms with Crippen LogP contribution in [0, 0.1) is 10.8 Å². The molecule has 0 saturated carbocycles. The fourth-order valence-electron chi connectivity index (χ4n) is 3.57. The van der Waals surface area contributed by atoms with Crippen LogP contribution in [-0.4, -0.2) is 29.1 Å². The van der Waals surface area contributed by atoms with Gasteiger partial charge in [0.05, 0.1) is 41.5 Å². The first-order valence-electron chi connectivity index (χ1n) is 9.87. The number of aliphatic hydroxyl groups is 2. The molecule has 0 aliphatic carbocycles. The zero-order valence-corrected chi connectivity index (χ0v) is 18.9. The second kappa shape index (κ2) is 8.15. The Morgan fingerprint density at radius 1 is 0.968 bits per heavy atom. The molecule has 0 spiro atoms. The van der Waals surface area contributed by atoms with Crippen molar-refractivity contribution < 1.29 is 24.5 Å². The second-order valence-corrected chi connectivity index (χ2v) is 9.14. The summed E-state index contributed by atoms with van der Waals surface area (Å²) in [5.41, 5.74) is 0.923. The SMILES string of the molecule is CC1(C)C(=O)N(Cl)c2ccccc2C1O.COc1ccc2c(c1)NC(=O)C(C)(C)C2O. The third kappa shape index (κ3) is 3.89. The molecule has 2 aromatic rings. The Kier molecular flexibility index (Phi) is 6.06. The monoisotopic (exact) mass is 446 g/mol. The first kappa shape index (κ1) is 23.1. The lowest BCUT2D eigenvalue weighted by atomic mass is 9.78. The lowest BCUT2D eigenvalue weighted by Gasteiger charge is -2.38. The Morgan fingerprint density at radius 2 is 1.58 bits per heavy atom. The van der Waals surface area contributed by atoms with Crippen molar-refractivity contribution in [3.05, 3.63) is 53.6 Å². The van der Waals surface area contributed by atoms with Crippen molar-refractivity contribution in [1.29, 1.82) is 0 Å². The largest absolute Gasteiger partial charge is 0.497 e. The van der Waals surface area contributed by atoms with Gasteiger partial charge in [-0.1, -0.05) is 24.3 Å². The second-order valence-electron chi connectivity index (χ2n) is 8.80. The van der Waals surface area contributed by atoms with E-state index in [1.54, 1.807) is 71.2 Å². The van der Waals surface area contributed by atoms with E-state index in [-0.39, 0.29) is 11.8 Å². The summed E-state index contributed by atoms with van der Waals surface area (Å²) in [5, 5.41) is 23.0. The molecule has 2 aliphatic rings. The Hall–Kier alpha value is -2.61. The van der Waals surface area contributed by atoms with Gasteiger partial charge in [-0.25, -0.2) is 4.42 Å². The average Bonchev–Trinajstić information content (AvgIpc) is 2.75. The zero-order chi connectivity index (χ0) is 23.1. The molecule has 0 bridgehead atoms. The molecule has 0 radical (unpaired) electrons. The van der Waals surface area contributed by atoms with E-state index in [1.165, 1.54) is 0 Å². The number of rotatable bonds is 1. The highest BCUT2D eigenvalue weighted by molar-refractivity contribution is 6.38. The number of benzene rings is 2. The number of fused-ring (bicyclic) bond motifs is 2. The minimum Gasteiger partial charge on any atom is -0.497 e. The molecule has 3 N–H and O–H groups in total. The maximum Gasteiger partial charge on any atom is 0.250 e. The number of amides is 2. The minimum atomic E-state index is -0.879. The van der Waals surface area contributed by atoms with E-state index >= 15 is 0 Å². The number of anilines is 2. The highest BCUT2D eigenvalue weighted by Crippen LogP contribution is 2.45. The van der Waals surface area contributed by atoms with Crippen LogP contribution in [0.4, 0.5) is 11.4 Å². The van der Waals surface area contributed by atoms with E-state index in [2.05, 4.69) is 5.32 Å². The molecule has 2 heterocycles. The van der Waals surface area contributed by atoms with Gasteiger partial charge in [-0.15, -0.1) is 0 Å². The van der Waals surface area contributed by atoms with Gasteiger partial charge in [-0.2, -0.15) is 0 Å². The molecule has 166 valence electrons. The van der Waals surface area contributed by atoms with Crippen LogP contribution < -0.4 is 14.5 Å². The number of ether oxygens (including phenoxy) is 1. The van der Waals surface area contributed by atoms with Crippen molar-refractivity contribution in [3.63, 3.8) is 0 Å². The topological polar surface area (TPSA) is 99.1 Å². The average molecular weight is 447 g/mol. The molecule has 2 amide bonds. The zero-order valence-electron chi connectivity index (χ0n) is 18.1. The van der Waals surface area contributed by atoms with Gasteiger partial charge in [0.25, 0.3) is 0 Å². The van der Waals surface area contributed by atoms with Gasteiger partial charge in [-0.05, 0) is 39.8 Å². The Bertz CT molecular complexity index is 1020. The number of aliphatic hydroxyl groups excluding tert-OH is 2. The Morgan fingerprint density at radius 3 is 2.23 bits per heavy atom. The first-order valence-corrected chi connectivity index (χ1v) is 10.2. The summed E-state index contributed by atoms with van der Waals surface area (Å²) < 4.78 is 6.16. The van der Waals surface area contributed by atoms with Crippen molar-refractivity contribution >= 4 is 35.0 Å². The van der Waals surface area contributed by atoms with Crippen molar-refractivity contribution in [2.24, 2.45) is 10.8 Å². The number of nitrogens with one attached hydrogen (secondary N) is 1. The fourth-order valence-corrected chi connectivity index (χ4v) is 3.94. The predicted molar refractivity (Wildman–Crippen MR) is 119 cm³/mol. The summed E-state index contributed by atoms with van der Waals surface area (Å²) in [5.74, 6) is 0.196. The Labute approximate surface area is 186 Å². The molecule has 0 aromatic heterocycles. The standard InChI is InChI=1S/C12H15NO3.C11H12ClNO2/c1-12(2)10(14)8-5-4-7(16-3)6-9(8)13-11(12)15;1-11(2)9(14)7-5-3-4-6-8(7)13(12)10(11)15/h4-6,10,14H,1-3H3,(H,13,15);3-6,9,14H,1-2H3. The normalized spacial score (nSPS) is 23.0. The van der Waals surface area contributed by atoms with Crippen LogP contribution in [0.2, 0.25) is 0 Å². The van der Waals surface area contributed by atoms with Gasteiger partial charge in [0.15, 0.2) is 0 Å². The van der Waals surface area contributed by atoms with E-state index in [9.17, 15) is 19.8 Å². The van der Waals surface area contributed by atoms with Crippen molar-refractivity contribution in [1.82, 2.24) is 0 Å². The van der Waals surface area contributed by atoms with Crippen LogP contribution in [0.25, 0.3) is 0 Å². The van der Waals surface area contributed by atoms with Crippen LogP contribution in [0.5, 0.6) is 5.75 Å². The number of hydrogen-bond donors (Lipinski definition) is 3. The number of hydrogen-bond acceptors (Lipinski definition) is 5.